The predicted molar refractivity (Wildman–Crippen MR) is 99.5 cm³/mol. The van der Waals surface area contributed by atoms with Gasteiger partial charge in [-0.1, -0.05) is 30.3 Å². The minimum Gasteiger partial charge on any atom is -0.298 e. The normalized spacial score (nSPS) is 28.8. The van der Waals surface area contributed by atoms with Crippen LogP contribution in [0.3, 0.4) is 0 Å². The van der Waals surface area contributed by atoms with E-state index in [1.54, 1.807) is 12.1 Å². The molecule has 0 radical (unpaired) electrons. The largest absolute Gasteiger partial charge is 0.298 e. The number of benzene rings is 2. The number of hydrogen-bond donors (Lipinski definition) is 1. The Balaban J connectivity index is 1.47. The van der Waals surface area contributed by atoms with Gasteiger partial charge in [-0.3, -0.25) is 4.90 Å². The highest BCUT2D eigenvalue weighted by Crippen LogP contribution is 2.35. The Bertz CT molecular complexity index is 932. The number of sulfonamides is 1. The summed E-state index contributed by atoms with van der Waals surface area (Å²) in [5, 5.41) is 1.97. The molecule has 0 spiro atoms. The van der Waals surface area contributed by atoms with Gasteiger partial charge in [0.1, 0.15) is 0 Å². The van der Waals surface area contributed by atoms with Crippen molar-refractivity contribution in [2.24, 2.45) is 11.8 Å². The van der Waals surface area contributed by atoms with Crippen molar-refractivity contribution < 1.29 is 8.42 Å². The minimum absolute atomic E-state index is 0.249. The second-order valence-corrected chi connectivity index (χ2v) is 8.83. The second-order valence-electron chi connectivity index (χ2n) is 7.07. The SMILES string of the molecule is C#C[C@H]1CN2CC[C@H]1C[C@@H]2CNS(=O)(=O)c1ccc2ccccc2c1. The Morgan fingerprint density at radius 1 is 1.20 bits per heavy atom. The van der Waals surface area contributed by atoms with Gasteiger partial charge in [0, 0.05) is 25.0 Å². The summed E-state index contributed by atoms with van der Waals surface area (Å²) in [5.74, 6) is 3.74. The topological polar surface area (TPSA) is 49.4 Å². The highest BCUT2D eigenvalue weighted by molar-refractivity contribution is 7.89. The van der Waals surface area contributed by atoms with E-state index in [4.69, 9.17) is 6.42 Å². The van der Waals surface area contributed by atoms with Crippen LogP contribution in [0.4, 0.5) is 0 Å². The van der Waals surface area contributed by atoms with Crippen LogP contribution >= 0.6 is 0 Å². The molecule has 2 aromatic carbocycles. The molecule has 2 aromatic rings. The molecule has 0 aliphatic carbocycles. The third kappa shape index (κ3) is 3.18. The molecule has 0 saturated carbocycles. The van der Waals surface area contributed by atoms with E-state index in [0.29, 0.717) is 23.3 Å². The van der Waals surface area contributed by atoms with Gasteiger partial charge in [0.2, 0.25) is 10.0 Å². The van der Waals surface area contributed by atoms with Crippen molar-refractivity contribution in [3.05, 3.63) is 42.5 Å². The van der Waals surface area contributed by atoms with Gasteiger partial charge in [-0.25, -0.2) is 13.1 Å². The summed E-state index contributed by atoms with van der Waals surface area (Å²) in [6.45, 7) is 2.36. The molecule has 2 bridgehead atoms. The number of piperidine rings is 3. The van der Waals surface area contributed by atoms with Gasteiger partial charge in [-0.15, -0.1) is 12.3 Å². The number of nitrogens with zero attached hydrogens (tertiary/aromatic N) is 1. The Morgan fingerprint density at radius 3 is 2.72 bits per heavy atom. The first-order chi connectivity index (χ1) is 12.1. The molecule has 5 rings (SSSR count). The molecule has 1 unspecified atom stereocenters. The maximum absolute atomic E-state index is 12.7. The second kappa shape index (κ2) is 6.45. The molecule has 4 nitrogen and oxygen atoms in total. The fraction of sp³-hybridized carbons (Fsp3) is 0.400. The van der Waals surface area contributed by atoms with Crippen LogP contribution in [0.25, 0.3) is 10.8 Å². The Hall–Kier alpha value is -1.87. The van der Waals surface area contributed by atoms with Crippen LogP contribution in [-0.4, -0.2) is 39.0 Å². The fourth-order valence-electron chi connectivity index (χ4n) is 4.16. The van der Waals surface area contributed by atoms with E-state index in [1.165, 1.54) is 0 Å². The highest BCUT2D eigenvalue weighted by atomic mass is 32.2. The number of rotatable bonds is 4. The van der Waals surface area contributed by atoms with E-state index < -0.39 is 10.0 Å². The van der Waals surface area contributed by atoms with Gasteiger partial charge in [0.15, 0.2) is 0 Å². The fourth-order valence-corrected chi connectivity index (χ4v) is 5.27. The van der Waals surface area contributed by atoms with Crippen LogP contribution in [0, 0.1) is 24.2 Å². The van der Waals surface area contributed by atoms with Gasteiger partial charge in [0.05, 0.1) is 4.90 Å². The molecule has 1 N–H and O–H groups in total. The summed E-state index contributed by atoms with van der Waals surface area (Å²) in [6.07, 6.45) is 7.72. The molecular weight excluding hydrogens is 332 g/mol. The lowest BCUT2D eigenvalue weighted by atomic mass is 9.76. The highest BCUT2D eigenvalue weighted by Gasteiger charge is 2.39. The average molecular weight is 354 g/mol. The summed E-state index contributed by atoms with van der Waals surface area (Å²) < 4.78 is 28.2. The first-order valence-corrected chi connectivity index (χ1v) is 10.2. The lowest BCUT2D eigenvalue weighted by molar-refractivity contribution is 0.0251. The number of nitrogens with one attached hydrogen (secondary N) is 1. The van der Waals surface area contributed by atoms with E-state index in [0.717, 1.165) is 36.7 Å². The van der Waals surface area contributed by atoms with Crippen LogP contribution in [0.2, 0.25) is 0 Å². The molecular formula is C20H22N2O2S. The Kier molecular flexibility index (Phi) is 4.28. The van der Waals surface area contributed by atoms with E-state index in [1.807, 2.05) is 30.3 Å². The molecule has 0 amide bonds. The van der Waals surface area contributed by atoms with Crippen LogP contribution in [0.5, 0.6) is 0 Å². The van der Waals surface area contributed by atoms with Crippen LogP contribution < -0.4 is 4.72 Å². The molecule has 5 heteroatoms. The zero-order chi connectivity index (χ0) is 17.4. The van der Waals surface area contributed by atoms with Crippen LogP contribution in [-0.2, 0) is 10.0 Å². The summed E-state index contributed by atoms with van der Waals surface area (Å²) >= 11 is 0. The van der Waals surface area contributed by atoms with Crippen molar-refractivity contribution in [3.63, 3.8) is 0 Å². The minimum atomic E-state index is -3.50. The Morgan fingerprint density at radius 2 is 2.00 bits per heavy atom. The van der Waals surface area contributed by atoms with Gasteiger partial charge in [-0.2, -0.15) is 0 Å². The molecule has 3 heterocycles. The molecule has 3 aliphatic rings. The summed E-state index contributed by atoms with van der Waals surface area (Å²) in [4.78, 5) is 2.66. The third-order valence-corrected chi connectivity index (χ3v) is 7.05. The number of terminal acetylenes is 1. The zero-order valence-electron chi connectivity index (χ0n) is 14.1. The van der Waals surface area contributed by atoms with Crippen molar-refractivity contribution >= 4 is 20.8 Å². The summed E-state index contributed by atoms with van der Waals surface area (Å²) in [7, 11) is -3.50. The quantitative estimate of drug-likeness (QED) is 0.858. The standard InChI is InChI=1S/C20H22N2O2S/c1-2-15-14-22-10-9-18(15)11-19(22)13-21-25(23,24)20-8-7-16-5-3-4-6-17(16)12-20/h1,3-8,12,15,18-19,21H,9-11,13-14H2/t15-,18-,19+/m0/s1. The summed E-state index contributed by atoms with van der Waals surface area (Å²) in [5.41, 5.74) is 0. The van der Waals surface area contributed by atoms with Gasteiger partial charge in [0.25, 0.3) is 0 Å². The van der Waals surface area contributed by atoms with Crippen molar-refractivity contribution in [2.45, 2.75) is 23.8 Å². The van der Waals surface area contributed by atoms with Crippen molar-refractivity contribution in [2.75, 3.05) is 19.6 Å². The molecule has 3 aliphatic heterocycles. The van der Waals surface area contributed by atoms with E-state index >= 15 is 0 Å². The van der Waals surface area contributed by atoms with Crippen molar-refractivity contribution in [3.8, 4) is 12.3 Å². The maximum Gasteiger partial charge on any atom is 0.240 e. The number of fused-ring (bicyclic) bond motifs is 4. The van der Waals surface area contributed by atoms with Crippen LogP contribution in [0.15, 0.2) is 47.4 Å². The Labute approximate surface area is 149 Å². The van der Waals surface area contributed by atoms with Gasteiger partial charge < -0.3 is 0 Å². The average Bonchev–Trinajstić information content (AvgIpc) is 2.66. The lowest BCUT2D eigenvalue weighted by Crippen LogP contribution is -2.56. The molecule has 0 aromatic heterocycles. The summed E-state index contributed by atoms with van der Waals surface area (Å²) in [6, 6.07) is 13.3. The smallest absolute Gasteiger partial charge is 0.240 e. The van der Waals surface area contributed by atoms with Gasteiger partial charge in [-0.05, 0) is 48.2 Å². The maximum atomic E-state index is 12.7. The van der Waals surface area contributed by atoms with E-state index in [-0.39, 0.29) is 6.04 Å². The molecule has 25 heavy (non-hydrogen) atoms. The van der Waals surface area contributed by atoms with Crippen molar-refractivity contribution in [1.82, 2.24) is 9.62 Å². The van der Waals surface area contributed by atoms with Crippen LogP contribution in [0.1, 0.15) is 12.8 Å². The number of hydrogen-bond acceptors (Lipinski definition) is 3. The first-order valence-electron chi connectivity index (χ1n) is 8.75. The molecule has 3 fully saturated rings. The monoisotopic (exact) mass is 354 g/mol. The molecule has 130 valence electrons. The molecule has 3 saturated heterocycles. The first kappa shape index (κ1) is 16.6. The third-order valence-electron chi connectivity index (χ3n) is 5.63. The lowest BCUT2D eigenvalue weighted by Gasteiger charge is -2.48. The van der Waals surface area contributed by atoms with E-state index in [2.05, 4.69) is 15.5 Å². The van der Waals surface area contributed by atoms with Gasteiger partial charge >= 0.3 is 0 Å². The van der Waals surface area contributed by atoms with Crippen molar-refractivity contribution in [1.29, 1.82) is 0 Å². The van der Waals surface area contributed by atoms with E-state index in [9.17, 15) is 8.42 Å². The predicted octanol–water partition coefficient (Wildman–Crippen LogP) is 2.46. The zero-order valence-corrected chi connectivity index (χ0v) is 14.9. The molecule has 4 atom stereocenters.